The summed E-state index contributed by atoms with van der Waals surface area (Å²) in [6.45, 7) is 0.446. The van der Waals surface area contributed by atoms with Crippen LogP contribution in [0, 0.1) is 0 Å². The first-order chi connectivity index (χ1) is 11.1. The van der Waals surface area contributed by atoms with Crippen molar-refractivity contribution in [3.63, 3.8) is 0 Å². The van der Waals surface area contributed by atoms with Crippen molar-refractivity contribution in [1.29, 1.82) is 0 Å². The smallest absolute Gasteiger partial charge is 0.263 e. The summed E-state index contributed by atoms with van der Waals surface area (Å²) >= 11 is 0. The lowest BCUT2D eigenvalue weighted by Crippen LogP contribution is -2.37. The second kappa shape index (κ2) is 4.95. The number of imide groups is 1. The first-order valence-corrected chi connectivity index (χ1v) is 7.29. The molecule has 4 rings (SSSR count). The predicted molar refractivity (Wildman–Crippen MR) is 85.9 cm³/mol. The number of rotatable bonds is 2. The molecule has 0 aliphatic carbocycles. The lowest BCUT2D eigenvalue weighted by molar-refractivity contribution is -0.119. The van der Waals surface area contributed by atoms with Crippen molar-refractivity contribution in [1.82, 2.24) is 15.1 Å². The maximum absolute atomic E-state index is 11.9. The molecule has 6 heteroatoms. The van der Waals surface area contributed by atoms with E-state index in [9.17, 15) is 9.59 Å². The number of amides is 2. The normalized spacial score (nSPS) is 13.9. The summed E-state index contributed by atoms with van der Waals surface area (Å²) in [4.78, 5) is 23.4. The molecule has 2 amide bonds. The lowest BCUT2D eigenvalue weighted by atomic mass is 10.0. The van der Waals surface area contributed by atoms with Gasteiger partial charge in [-0.05, 0) is 16.3 Å². The van der Waals surface area contributed by atoms with Gasteiger partial charge in [-0.25, -0.2) is 4.68 Å². The number of carbonyl (C=O) groups is 2. The zero-order chi connectivity index (χ0) is 16.0. The van der Waals surface area contributed by atoms with Gasteiger partial charge >= 0.3 is 0 Å². The van der Waals surface area contributed by atoms with Crippen LogP contribution in [0.1, 0.15) is 21.6 Å². The Labute approximate surface area is 131 Å². The SMILES string of the molecule is Nc1c2c(nn1Cc1cccc3ccccc13)CC(=O)NC2=O. The molecule has 1 aromatic heterocycles. The molecule has 3 N–H and O–H groups in total. The van der Waals surface area contributed by atoms with Crippen LogP contribution >= 0.6 is 0 Å². The standard InChI is InChI=1S/C17H14N4O2/c18-16-15-13(8-14(22)19-17(15)23)20-21(16)9-11-6-3-5-10-4-1-2-7-12(10)11/h1-7H,8-9,18H2,(H,19,22,23). The molecule has 1 aliphatic rings. The number of nitrogens with one attached hydrogen (secondary N) is 1. The number of benzene rings is 2. The van der Waals surface area contributed by atoms with E-state index in [2.05, 4.69) is 10.4 Å². The predicted octanol–water partition coefficient (Wildman–Crippen LogP) is 1.48. The lowest BCUT2D eigenvalue weighted by Gasteiger charge is -2.09. The molecule has 6 nitrogen and oxygen atoms in total. The number of carbonyl (C=O) groups excluding carboxylic acids is 2. The Balaban J connectivity index is 1.79. The second-order valence-electron chi connectivity index (χ2n) is 5.56. The number of anilines is 1. The maximum atomic E-state index is 11.9. The van der Waals surface area contributed by atoms with Gasteiger partial charge in [-0.3, -0.25) is 14.9 Å². The largest absolute Gasteiger partial charge is 0.383 e. The van der Waals surface area contributed by atoms with Gasteiger partial charge in [0.05, 0.1) is 18.7 Å². The summed E-state index contributed by atoms with van der Waals surface area (Å²) < 4.78 is 1.59. The van der Waals surface area contributed by atoms with Crippen LogP contribution in [0.2, 0.25) is 0 Å². The van der Waals surface area contributed by atoms with Crippen molar-refractivity contribution in [2.24, 2.45) is 0 Å². The quantitative estimate of drug-likeness (QED) is 0.702. The fourth-order valence-corrected chi connectivity index (χ4v) is 3.00. The zero-order valence-corrected chi connectivity index (χ0v) is 12.2. The molecule has 2 heterocycles. The average molecular weight is 306 g/mol. The highest BCUT2D eigenvalue weighted by atomic mass is 16.2. The molecule has 3 aromatic rings. The Bertz CT molecular complexity index is 953. The molecule has 0 radical (unpaired) electrons. The zero-order valence-electron chi connectivity index (χ0n) is 12.2. The summed E-state index contributed by atoms with van der Waals surface area (Å²) in [5.74, 6) is -0.534. The molecule has 0 unspecified atom stereocenters. The molecule has 1 aliphatic heterocycles. The van der Waals surface area contributed by atoms with Crippen molar-refractivity contribution in [2.75, 3.05) is 5.73 Å². The van der Waals surface area contributed by atoms with Gasteiger partial charge in [-0.1, -0.05) is 42.5 Å². The number of fused-ring (bicyclic) bond motifs is 2. The number of nitrogens with zero attached hydrogens (tertiary/aromatic N) is 2. The van der Waals surface area contributed by atoms with Crippen molar-refractivity contribution < 1.29 is 9.59 Å². The molecule has 0 saturated heterocycles. The molecule has 0 saturated carbocycles. The number of aromatic nitrogens is 2. The highest BCUT2D eigenvalue weighted by molar-refractivity contribution is 6.11. The van der Waals surface area contributed by atoms with Gasteiger partial charge in [0.2, 0.25) is 5.91 Å². The Hall–Kier alpha value is -3.15. The van der Waals surface area contributed by atoms with Gasteiger partial charge in [0, 0.05) is 0 Å². The van der Waals surface area contributed by atoms with E-state index in [0.29, 0.717) is 17.8 Å². The van der Waals surface area contributed by atoms with E-state index >= 15 is 0 Å². The van der Waals surface area contributed by atoms with E-state index in [1.807, 2.05) is 42.5 Å². The molecular weight excluding hydrogens is 292 g/mol. The number of nitrogen functional groups attached to an aromatic ring is 1. The average Bonchev–Trinajstić information content (AvgIpc) is 2.84. The van der Waals surface area contributed by atoms with Crippen LogP contribution in [0.25, 0.3) is 10.8 Å². The summed E-state index contributed by atoms with van der Waals surface area (Å²) in [7, 11) is 0. The highest BCUT2D eigenvalue weighted by Crippen LogP contribution is 2.24. The molecule has 2 aromatic carbocycles. The van der Waals surface area contributed by atoms with Gasteiger partial charge in [-0.15, -0.1) is 0 Å². The van der Waals surface area contributed by atoms with E-state index in [4.69, 9.17) is 5.73 Å². The minimum absolute atomic E-state index is 0.0772. The number of hydrogen-bond donors (Lipinski definition) is 2. The first kappa shape index (κ1) is 13.5. The second-order valence-corrected chi connectivity index (χ2v) is 5.56. The van der Waals surface area contributed by atoms with E-state index in [0.717, 1.165) is 16.3 Å². The van der Waals surface area contributed by atoms with Crippen molar-refractivity contribution in [3.8, 4) is 0 Å². The van der Waals surface area contributed by atoms with Gasteiger partial charge in [0.1, 0.15) is 11.4 Å². The Morgan fingerprint density at radius 3 is 2.78 bits per heavy atom. The Morgan fingerprint density at radius 2 is 1.91 bits per heavy atom. The van der Waals surface area contributed by atoms with E-state index in [1.54, 1.807) is 4.68 Å². The minimum Gasteiger partial charge on any atom is -0.383 e. The molecule has 0 bridgehead atoms. The van der Waals surface area contributed by atoms with Crippen LogP contribution in [0.5, 0.6) is 0 Å². The Morgan fingerprint density at radius 1 is 1.13 bits per heavy atom. The minimum atomic E-state index is -0.474. The number of hydrogen-bond acceptors (Lipinski definition) is 4. The van der Waals surface area contributed by atoms with Crippen LogP contribution in [0.4, 0.5) is 5.82 Å². The van der Waals surface area contributed by atoms with E-state index < -0.39 is 5.91 Å². The van der Waals surface area contributed by atoms with E-state index in [1.165, 1.54) is 0 Å². The first-order valence-electron chi connectivity index (χ1n) is 7.29. The Kier molecular flexibility index (Phi) is 2.90. The molecule has 0 fully saturated rings. The van der Waals surface area contributed by atoms with Gasteiger partial charge in [-0.2, -0.15) is 5.10 Å². The summed E-state index contributed by atoms with van der Waals surface area (Å²) in [6, 6.07) is 14.1. The fraction of sp³-hybridized carbons (Fsp3) is 0.118. The molecular formula is C17H14N4O2. The van der Waals surface area contributed by atoms with Gasteiger partial charge in [0.25, 0.3) is 5.91 Å². The topological polar surface area (TPSA) is 90.0 Å². The molecule has 0 spiro atoms. The van der Waals surface area contributed by atoms with Gasteiger partial charge in [0.15, 0.2) is 0 Å². The summed E-state index contributed by atoms with van der Waals surface area (Å²) in [5, 5.41) is 8.88. The molecule has 114 valence electrons. The van der Waals surface area contributed by atoms with Crippen molar-refractivity contribution in [2.45, 2.75) is 13.0 Å². The summed E-state index contributed by atoms with van der Waals surface area (Å²) in [6.07, 6.45) is 0.0772. The molecule has 0 atom stereocenters. The fourth-order valence-electron chi connectivity index (χ4n) is 3.00. The third kappa shape index (κ3) is 2.15. The molecule has 23 heavy (non-hydrogen) atoms. The van der Waals surface area contributed by atoms with Crippen LogP contribution in [0.15, 0.2) is 42.5 Å². The maximum Gasteiger partial charge on any atom is 0.263 e. The third-order valence-corrected chi connectivity index (χ3v) is 4.07. The monoisotopic (exact) mass is 306 g/mol. The highest BCUT2D eigenvalue weighted by Gasteiger charge is 2.29. The van der Waals surface area contributed by atoms with E-state index in [-0.39, 0.29) is 18.1 Å². The van der Waals surface area contributed by atoms with Crippen molar-refractivity contribution >= 4 is 28.4 Å². The van der Waals surface area contributed by atoms with Crippen LogP contribution in [-0.4, -0.2) is 21.6 Å². The van der Waals surface area contributed by atoms with Crippen LogP contribution in [0.3, 0.4) is 0 Å². The third-order valence-electron chi connectivity index (χ3n) is 4.07. The van der Waals surface area contributed by atoms with Crippen LogP contribution in [-0.2, 0) is 17.8 Å². The van der Waals surface area contributed by atoms with Crippen LogP contribution < -0.4 is 11.1 Å². The summed E-state index contributed by atoms with van der Waals surface area (Å²) in [5.41, 5.74) is 7.89. The van der Waals surface area contributed by atoms with Crippen molar-refractivity contribution in [3.05, 3.63) is 59.3 Å². The number of nitrogens with two attached hydrogens (primary N) is 1. The van der Waals surface area contributed by atoms with Gasteiger partial charge < -0.3 is 5.73 Å².